The van der Waals surface area contributed by atoms with E-state index < -0.39 is 0 Å². The van der Waals surface area contributed by atoms with E-state index in [1.807, 2.05) is 35.4 Å². The molecule has 0 aliphatic carbocycles. The zero-order chi connectivity index (χ0) is 12.5. The zero-order valence-corrected chi connectivity index (χ0v) is 11.0. The van der Waals surface area contributed by atoms with Crippen molar-refractivity contribution >= 4 is 23.0 Å². The molecule has 3 nitrogen and oxygen atoms in total. The molecule has 1 heterocycles. The molecule has 0 aromatic heterocycles. The molecule has 1 N–H and O–H groups in total. The molecule has 2 rings (SSSR count). The first-order chi connectivity index (χ1) is 8.02. The van der Waals surface area contributed by atoms with E-state index in [9.17, 15) is 0 Å². The molecular formula is C13H16N2OS. The summed E-state index contributed by atoms with van der Waals surface area (Å²) in [5, 5.41) is 3.98. The van der Waals surface area contributed by atoms with Crippen LogP contribution in [0.15, 0.2) is 36.5 Å². The smallest absolute Gasteiger partial charge is 0.178 e. The average molecular weight is 248 g/mol. The van der Waals surface area contributed by atoms with Crippen LogP contribution in [0.5, 0.6) is 5.75 Å². The van der Waals surface area contributed by atoms with Crippen LogP contribution in [0, 0.1) is 0 Å². The van der Waals surface area contributed by atoms with Gasteiger partial charge in [0, 0.05) is 11.9 Å². The first-order valence-corrected chi connectivity index (χ1v) is 5.87. The van der Waals surface area contributed by atoms with Crippen LogP contribution in [0.2, 0.25) is 0 Å². The van der Waals surface area contributed by atoms with Gasteiger partial charge in [0.25, 0.3) is 0 Å². The zero-order valence-electron chi connectivity index (χ0n) is 10.2. The van der Waals surface area contributed by atoms with Gasteiger partial charge in [0.15, 0.2) is 5.11 Å². The number of anilines is 1. The van der Waals surface area contributed by atoms with Crippen molar-refractivity contribution in [2.45, 2.75) is 19.4 Å². The van der Waals surface area contributed by atoms with Crippen molar-refractivity contribution in [1.82, 2.24) is 5.32 Å². The summed E-state index contributed by atoms with van der Waals surface area (Å²) < 4.78 is 5.13. The van der Waals surface area contributed by atoms with Gasteiger partial charge in [-0.1, -0.05) is 0 Å². The van der Waals surface area contributed by atoms with Gasteiger partial charge < -0.3 is 10.1 Å². The van der Waals surface area contributed by atoms with Crippen molar-refractivity contribution in [1.29, 1.82) is 0 Å². The fraction of sp³-hybridized carbons (Fsp3) is 0.308. The number of ether oxygens (including phenoxy) is 1. The molecule has 17 heavy (non-hydrogen) atoms. The van der Waals surface area contributed by atoms with Gasteiger partial charge in [-0.15, -0.1) is 0 Å². The molecule has 1 aliphatic rings. The predicted molar refractivity (Wildman–Crippen MR) is 74.4 cm³/mol. The van der Waals surface area contributed by atoms with E-state index in [-0.39, 0.29) is 5.54 Å². The van der Waals surface area contributed by atoms with Crippen LogP contribution < -0.4 is 15.0 Å². The minimum Gasteiger partial charge on any atom is -0.497 e. The molecule has 90 valence electrons. The molecule has 0 fully saturated rings. The van der Waals surface area contributed by atoms with Gasteiger partial charge >= 0.3 is 0 Å². The number of nitrogens with one attached hydrogen (secondary N) is 1. The van der Waals surface area contributed by atoms with Gasteiger partial charge in [0.2, 0.25) is 0 Å². The highest BCUT2D eigenvalue weighted by atomic mass is 32.1. The highest BCUT2D eigenvalue weighted by molar-refractivity contribution is 7.80. The molecule has 0 amide bonds. The van der Waals surface area contributed by atoms with Crippen molar-refractivity contribution in [2.75, 3.05) is 12.0 Å². The molecule has 1 aromatic rings. The molecule has 0 saturated heterocycles. The van der Waals surface area contributed by atoms with Crippen molar-refractivity contribution in [3.63, 3.8) is 0 Å². The molecule has 0 saturated carbocycles. The van der Waals surface area contributed by atoms with Crippen LogP contribution in [0.1, 0.15) is 13.8 Å². The molecule has 1 aliphatic heterocycles. The summed E-state index contributed by atoms with van der Waals surface area (Å²) in [6.45, 7) is 4.17. The number of thiocarbonyl (C=S) groups is 1. The third-order valence-electron chi connectivity index (χ3n) is 2.64. The lowest BCUT2D eigenvalue weighted by Crippen LogP contribution is -2.51. The third-order valence-corrected chi connectivity index (χ3v) is 2.94. The van der Waals surface area contributed by atoms with Gasteiger partial charge in [0.1, 0.15) is 5.75 Å². The van der Waals surface area contributed by atoms with E-state index >= 15 is 0 Å². The van der Waals surface area contributed by atoms with Crippen molar-refractivity contribution < 1.29 is 4.74 Å². The third kappa shape index (κ3) is 2.58. The normalized spacial score (nSPS) is 17.8. The molecular weight excluding hydrogens is 232 g/mol. The van der Waals surface area contributed by atoms with E-state index in [1.165, 1.54) is 0 Å². The molecule has 0 spiro atoms. The summed E-state index contributed by atoms with van der Waals surface area (Å²) in [6.07, 6.45) is 4.09. The van der Waals surface area contributed by atoms with Gasteiger partial charge in [-0.25, -0.2) is 0 Å². The largest absolute Gasteiger partial charge is 0.497 e. The van der Waals surface area contributed by atoms with Gasteiger partial charge in [-0.2, -0.15) is 0 Å². The van der Waals surface area contributed by atoms with Crippen LogP contribution in [-0.4, -0.2) is 17.8 Å². The molecule has 0 bridgehead atoms. The lowest BCUT2D eigenvalue weighted by molar-refractivity contribution is 0.415. The summed E-state index contributed by atoms with van der Waals surface area (Å²) in [5.41, 5.74) is 0.940. The molecule has 0 unspecified atom stereocenters. The van der Waals surface area contributed by atoms with Crippen molar-refractivity contribution in [3.8, 4) is 5.75 Å². The van der Waals surface area contributed by atoms with E-state index in [4.69, 9.17) is 17.0 Å². The molecule has 1 aromatic carbocycles. The van der Waals surface area contributed by atoms with E-state index in [2.05, 4.69) is 25.2 Å². The Morgan fingerprint density at radius 2 is 1.88 bits per heavy atom. The quantitative estimate of drug-likeness (QED) is 0.813. The maximum Gasteiger partial charge on any atom is 0.178 e. The number of hydrogen-bond donors (Lipinski definition) is 1. The Hall–Kier alpha value is -1.55. The summed E-state index contributed by atoms with van der Waals surface area (Å²) in [4.78, 5) is 1.94. The standard InChI is InChI=1S/C13H16N2OS/c1-13(2)8-9-15(12(17)14-13)10-4-6-11(16-3)7-5-10/h4-9H,1-3H3,(H,14,17). The summed E-state index contributed by atoms with van der Waals surface area (Å²) >= 11 is 5.35. The first kappa shape index (κ1) is 11.9. The Kier molecular flexibility index (Phi) is 3.07. The van der Waals surface area contributed by atoms with Crippen molar-refractivity contribution in [2.24, 2.45) is 0 Å². The van der Waals surface area contributed by atoms with Crippen LogP contribution >= 0.6 is 12.2 Å². The highest BCUT2D eigenvalue weighted by Gasteiger charge is 2.23. The highest BCUT2D eigenvalue weighted by Crippen LogP contribution is 2.23. The minimum atomic E-state index is -0.0833. The lowest BCUT2D eigenvalue weighted by Gasteiger charge is -2.34. The van der Waals surface area contributed by atoms with Crippen LogP contribution in [0.4, 0.5) is 5.69 Å². The molecule has 0 radical (unpaired) electrons. The second kappa shape index (κ2) is 4.37. The van der Waals surface area contributed by atoms with E-state index in [1.54, 1.807) is 7.11 Å². The van der Waals surface area contributed by atoms with Gasteiger partial charge in [-0.05, 0) is 56.4 Å². The summed E-state index contributed by atoms with van der Waals surface area (Å²) in [5.74, 6) is 0.842. The average Bonchev–Trinajstić information content (AvgIpc) is 2.28. The van der Waals surface area contributed by atoms with Crippen LogP contribution in [-0.2, 0) is 0 Å². The fourth-order valence-corrected chi connectivity index (χ4v) is 2.08. The lowest BCUT2D eigenvalue weighted by atomic mass is 10.0. The summed E-state index contributed by atoms with van der Waals surface area (Å²) in [7, 11) is 1.66. The van der Waals surface area contributed by atoms with Crippen molar-refractivity contribution in [3.05, 3.63) is 36.5 Å². The fourth-order valence-electron chi connectivity index (χ4n) is 1.65. The number of nitrogens with zero attached hydrogens (tertiary/aromatic N) is 1. The Morgan fingerprint density at radius 3 is 2.41 bits per heavy atom. The predicted octanol–water partition coefficient (Wildman–Crippen LogP) is 2.68. The Bertz CT molecular complexity index is 451. The maximum atomic E-state index is 5.35. The second-order valence-corrected chi connectivity index (χ2v) is 4.92. The molecule has 4 heteroatoms. The van der Waals surface area contributed by atoms with Crippen LogP contribution in [0.25, 0.3) is 0 Å². The van der Waals surface area contributed by atoms with Gasteiger partial charge in [-0.3, -0.25) is 4.90 Å². The number of hydrogen-bond acceptors (Lipinski definition) is 2. The number of methoxy groups -OCH3 is 1. The number of rotatable bonds is 2. The Balaban J connectivity index is 2.25. The summed E-state index contributed by atoms with van der Waals surface area (Å²) in [6, 6.07) is 7.81. The topological polar surface area (TPSA) is 24.5 Å². The second-order valence-electron chi connectivity index (χ2n) is 4.54. The monoisotopic (exact) mass is 248 g/mol. The molecule has 0 atom stereocenters. The SMILES string of the molecule is COc1ccc(N2C=CC(C)(C)NC2=S)cc1. The van der Waals surface area contributed by atoms with Crippen LogP contribution in [0.3, 0.4) is 0 Å². The van der Waals surface area contributed by atoms with Gasteiger partial charge in [0.05, 0.1) is 12.6 Å². The van der Waals surface area contributed by atoms with E-state index in [0.29, 0.717) is 5.11 Å². The Morgan fingerprint density at radius 1 is 1.24 bits per heavy atom. The minimum absolute atomic E-state index is 0.0833. The number of benzene rings is 1. The first-order valence-electron chi connectivity index (χ1n) is 5.47. The van der Waals surface area contributed by atoms with E-state index in [0.717, 1.165) is 11.4 Å². The maximum absolute atomic E-state index is 5.35. The Labute approximate surface area is 107 Å².